The number of hydrogen-bond donors (Lipinski definition) is 1. The first-order chi connectivity index (χ1) is 11.6. The molecule has 2 aromatic rings. The highest BCUT2D eigenvalue weighted by molar-refractivity contribution is 7.92. The summed E-state index contributed by atoms with van der Waals surface area (Å²) in [6, 6.07) is 10.3. The molecule has 0 saturated heterocycles. The fourth-order valence-corrected chi connectivity index (χ4v) is 5.32. The first-order valence-corrected chi connectivity index (χ1v) is 10.3. The zero-order chi connectivity index (χ0) is 17.0. The van der Waals surface area contributed by atoms with E-state index in [9.17, 15) is 13.2 Å². The van der Waals surface area contributed by atoms with Crippen LogP contribution in [-0.4, -0.2) is 19.6 Å². The molecule has 6 heteroatoms. The molecular formula is C18H19NO3S2. The van der Waals surface area contributed by atoms with Gasteiger partial charge in [-0.1, -0.05) is 18.9 Å². The van der Waals surface area contributed by atoms with E-state index in [-0.39, 0.29) is 11.2 Å². The number of thiophene rings is 1. The van der Waals surface area contributed by atoms with Crippen molar-refractivity contribution >= 4 is 38.8 Å². The van der Waals surface area contributed by atoms with Crippen molar-refractivity contribution in [2.45, 2.75) is 35.8 Å². The van der Waals surface area contributed by atoms with Crippen LogP contribution in [0, 0.1) is 0 Å². The van der Waals surface area contributed by atoms with E-state index in [1.165, 1.54) is 6.08 Å². The number of carbonyl (C=O) groups is 1. The van der Waals surface area contributed by atoms with Gasteiger partial charge in [0.2, 0.25) is 5.91 Å². The third kappa shape index (κ3) is 3.94. The van der Waals surface area contributed by atoms with Crippen LogP contribution in [0.5, 0.6) is 0 Å². The van der Waals surface area contributed by atoms with E-state index < -0.39 is 9.84 Å². The topological polar surface area (TPSA) is 63.2 Å². The Labute approximate surface area is 146 Å². The van der Waals surface area contributed by atoms with Crippen molar-refractivity contribution in [1.29, 1.82) is 0 Å². The summed E-state index contributed by atoms with van der Waals surface area (Å²) in [4.78, 5) is 13.2. The summed E-state index contributed by atoms with van der Waals surface area (Å²) in [6.45, 7) is 0. The lowest BCUT2D eigenvalue weighted by atomic mass is 10.3. The van der Waals surface area contributed by atoms with Crippen molar-refractivity contribution in [1.82, 2.24) is 0 Å². The van der Waals surface area contributed by atoms with Crippen molar-refractivity contribution in [2.24, 2.45) is 0 Å². The van der Waals surface area contributed by atoms with Gasteiger partial charge in [-0.3, -0.25) is 4.79 Å². The molecule has 0 spiro atoms. The van der Waals surface area contributed by atoms with Gasteiger partial charge in [0.25, 0.3) is 0 Å². The molecule has 0 unspecified atom stereocenters. The number of carbonyl (C=O) groups excluding carboxylic acids is 1. The summed E-state index contributed by atoms with van der Waals surface area (Å²) in [5.74, 6) is -0.241. The van der Waals surface area contributed by atoms with E-state index in [0.717, 1.165) is 30.6 Å². The molecule has 1 aromatic heterocycles. The van der Waals surface area contributed by atoms with Gasteiger partial charge in [0.1, 0.15) is 0 Å². The Hall–Kier alpha value is -1.92. The van der Waals surface area contributed by atoms with E-state index in [1.54, 1.807) is 41.7 Å². The smallest absolute Gasteiger partial charge is 0.248 e. The van der Waals surface area contributed by atoms with E-state index in [0.29, 0.717) is 10.6 Å². The number of anilines is 1. The van der Waals surface area contributed by atoms with Crippen molar-refractivity contribution in [3.05, 3.63) is 52.7 Å². The predicted molar refractivity (Wildman–Crippen MR) is 97.9 cm³/mol. The van der Waals surface area contributed by atoms with Crippen LogP contribution in [0.25, 0.3) is 6.08 Å². The lowest BCUT2D eigenvalue weighted by Gasteiger charge is -2.11. The fourth-order valence-electron chi connectivity index (χ4n) is 2.85. The van der Waals surface area contributed by atoms with Gasteiger partial charge in [-0.15, -0.1) is 11.3 Å². The predicted octanol–water partition coefficient (Wildman–Crippen LogP) is 4.12. The van der Waals surface area contributed by atoms with Crippen LogP contribution in [0.4, 0.5) is 5.69 Å². The van der Waals surface area contributed by atoms with Crippen molar-refractivity contribution in [2.75, 3.05) is 5.32 Å². The lowest BCUT2D eigenvalue weighted by Crippen LogP contribution is -2.17. The quantitative estimate of drug-likeness (QED) is 0.815. The van der Waals surface area contributed by atoms with Gasteiger partial charge < -0.3 is 5.32 Å². The highest BCUT2D eigenvalue weighted by Crippen LogP contribution is 2.30. The fraction of sp³-hybridized carbons (Fsp3) is 0.278. The highest BCUT2D eigenvalue weighted by Gasteiger charge is 2.30. The molecule has 4 nitrogen and oxygen atoms in total. The largest absolute Gasteiger partial charge is 0.323 e. The molecule has 1 aromatic carbocycles. The van der Waals surface area contributed by atoms with Gasteiger partial charge in [-0.25, -0.2) is 8.42 Å². The van der Waals surface area contributed by atoms with Crippen LogP contribution in [0.3, 0.4) is 0 Å². The van der Waals surface area contributed by atoms with E-state index in [1.807, 2.05) is 17.5 Å². The van der Waals surface area contributed by atoms with Crippen LogP contribution < -0.4 is 5.32 Å². The average molecular weight is 361 g/mol. The maximum absolute atomic E-state index is 12.5. The van der Waals surface area contributed by atoms with Crippen LogP contribution >= 0.6 is 11.3 Å². The van der Waals surface area contributed by atoms with Gasteiger partial charge in [0.05, 0.1) is 10.1 Å². The maximum atomic E-state index is 12.5. The Morgan fingerprint density at radius 3 is 2.46 bits per heavy atom. The first kappa shape index (κ1) is 16.9. The van der Waals surface area contributed by atoms with E-state index in [4.69, 9.17) is 0 Å². The number of nitrogens with one attached hydrogen (secondary N) is 1. The second-order valence-electron chi connectivity index (χ2n) is 5.81. The van der Waals surface area contributed by atoms with Crippen molar-refractivity contribution < 1.29 is 13.2 Å². The van der Waals surface area contributed by atoms with E-state index in [2.05, 4.69) is 5.32 Å². The third-order valence-corrected chi connectivity index (χ3v) is 7.25. The van der Waals surface area contributed by atoms with Crippen LogP contribution in [-0.2, 0) is 14.6 Å². The molecule has 3 rings (SSSR count). The number of benzene rings is 1. The molecule has 1 aliphatic carbocycles. The Balaban J connectivity index is 1.65. The molecule has 1 saturated carbocycles. The molecule has 1 amide bonds. The maximum Gasteiger partial charge on any atom is 0.248 e. The SMILES string of the molecule is O=C(C=Cc1cccs1)Nc1ccc(S(=O)(=O)C2CCCC2)cc1. The lowest BCUT2D eigenvalue weighted by molar-refractivity contribution is -0.111. The van der Waals surface area contributed by atoms with E-state index >= 15 is 0 Å². The normalized spacial score (nSPS) is 15.8. The molecule has 1 heterocycles. The first-order valence-electron chi connectivity index (χ1n) is 7.92. The molecule has 0 atom stereocenters. The minimum Gasteiger partial charge on any atom is -0.323 e. The number of sulfone groups is 1. The van der Waals surface area contributed by atoms with Gasteiger partial charge in [-0.2, -0.15) is 0 Å². The summed E-state index contributed by atoms with van der Waals surface area (Å²) in [6.07, 6.45) is 6.67. The Bertz CT molecular complexity index is 816. The molecule has 0 bridgehead atoms. The Kier molecular flexibility index (Phi) is 5.16. The molecule has 1 fully saturated rings. The summed E-state index contributed by atoms with van der Waals surface area (Å²) in [5.41, 5.74) is 0.584. The number of hydrogen-bond acceptors (Lipinski definition) is 4. The van der Waals surface area contributed by atoms with Gasteiger partial charge in [0, 0.05) is 16.6 Å². The van der Waals surface area contributed by atoms with Gasteiger partial charge >= 0.3 is 0 Å². The molecule has 1 aliphatic rings. The number of amides is 1. The molecular weight excluding hydrogens is 342 g/mol. The van der Waals surface area contributed by atoms with Crippen molar-refractivity contribution in [3.63, 3.8) is 0 Å². The van der Waals surface area contributed by atoms with Crippen LogP contribution in [0.15, 0.2) is 52.7 Å². The molecule has 24 heavy (non-hydrogen) atoms. The summed E-state index contributed by atoms with van der Waals surface area (Å²) in [7, 11) is -3.25. The van der Waals surface area contributed by atoms with Crippen LogP contribution in [0.1, 0.15) is 30.6 Å². The highest BCUT2D eigenvalue weighted by atomic mass is 32.2. The second kappa shape index (κ2) is 7.32. The van der Waals surface area contributed by atoms with Gasteiger partial charge in [-0.05, 0) is 54.6 Å². The zero-order valence-electron chi connectivity index (χ0n) is 13.1. The summed E-state index contributed by atoms with van der Waals surface area (Å²) < 4.78 is 25.0. The standard InChI is InChI=1S/C18H19NO3S2/c20-18(12-9-15-4-3-13-23-15)19-14-7-10-17(11-8-14)24(21,22)16-5-1-2-6-16/h3-4,7-13,16H,1-2,5-6H2,(H,19,20). The summed E-state index contributed by atoms with van der Waals surface area (Å²) in [5, 5.41) is 4.42. The molecule has 1 N–H and O–H groups in total. The zero-order valence-corrected chi connectivity index (χ0v) is 14.8. The second-order valence-corrected chi connectivity index (χ2v) is 9.02. The number of rotatable bonds is 5. The van der Waals surface area contributed by atoms with Crippen LogP contribution in [0.2, 0.25) is 0 Å². The Morgan fingerprint density at radius 1 is 1.12 bits per heavy atom. The average Bonchev–Trinajstić information content (AvgIpc) is 3.27. The molecule has 0 aliphatic heterocycles. The van der Waals surface area contributed by atoms with Crippen molar-refractivity contribution in [3.8, 4) is 0 Å². The molecule has 0 radical (unpaired) electrons. The van der Waals surface area contributed by atoms with Gasteiger partial charge in [0.15, 0.2) is 9.84 Å². The summed E-state index contributed by atoms with van der Waals surface area (Å²) >= 11 is 1.55. The minimum atomic E-state index is -3.25. The minimum absolute atomic E-state index is 0.241. The third-order valence-electron chi connectivity index (χ3n) is 4.13. The monoisotopic (exact) mass is 361 g/mol. The molecule has 126 valence electrons. The Morgan fingerprint density at radius 2 is 1.83 bits per heavy atom.